The van der Waals surface area contributed by atoms with Gasteiger partial charge in [-0.1, -0.05) is 84.5 Å². The van der Waals surface area contributed by atoms with Crippen molar-refractivity contribution in [2.75, 3.05) is 6.61 Å². The Labute approximate surface area is 242 Å². The summed E-state index contributed by atoms with van der Waals surface area (Å²) in [6, 6.07) is 13.7. The second kappa shape index (κ2) is 18.5. The fraction of sp³-hybridized carbons (Fsp3) is 0.600. The molecular formula is C35H50O5. The molecule has 1 saturated carbocycles. The highest BCUT2D eigenvalue weighted by Gasteiger charge is 2.27. The van der Waals surface area contributed by atoms with Crippen molar-refractivity contribution in [1.29, 1.82) is 0 Å². The summed E-state index contributed by atoms with van der Waals surface area (Å²) in [6.07, 6.45) is 19.3. The van der Waals surface area contributed by atoms with Crippen LogP contribution in [0.1, 0.15) is 127 Å². The summed E-state index contributed by atoms with van der Waals surface area (Å²) in [6.45, 7) is 5.17. The van der Waals surface area contributed by atoms with Gasteiger partial charge < -0.3 is 14.2 Å². The molecule has 0 saturated heterocycles. The van der Waals surface area contributed by atoms with Crippen molar-refractivity contribution in [3.8, 4) is 17.2 Å². The molecule has 220 valence electrons. The molecule has 40 heavy (non-hydrogen) atoms. The molecule has 3 rings (SSSR count). The van der Waals surface area contributed by atoms with Crippen LogP contribution in [0, 0.1) is 11.8 Å². The van der Waals surface area contributed by atoms with Crippen LogP contribution in [0.15, 0.2) is 48.5 Å². The Morgan fingerprint density at radius 2 is 1.15 bits per heavy atom. The van der Waals surface area contributed by atoms with E-state index in [0.717, 1.165) is 43.8 Å². The van der Waals surface area contributed by atoms with Gasteiger partial charge in [0.15, 0.2) is 0 Å². The van der Waals surface area contributed by atoms with Crippen molar-refractivity contribution in [1.82, 2.24) is 0 Å². The van der Waals surface area contributed by atoms with Crippen molar-refractivity contribution in [2.45, 2.75) is 117 Å². The predicted octanol–water partition coefficient (Wildman–Crippen LogP) is 9.72. The standard InChI is InChI=1S/C35H50O5/c1-3-5-7-8-9-10-11-13-27-38-31-21-19-30(20-22-31)35(37)40-33-25-23-32(24-26-33)39-34(36)29-17-15-28(16-18-29)14-12-6-4-2/h19-26,28-29H,3-18,27H2,1-2H3/t28-,29-. The Kier molecular flexibility index (Phi) is 14.7. The van der Waals surface area contributed by atoms with Crippen molar-refractivity contribution in [3.63, 3.8) is 0 Å². The molecular weight excluding hydrogens is 500 g/mol. The van der Waals surface area contributed by atoms with Crippen LogP contribution in [0.3, 0.4) is 0 Å². The van der Waals surface area contributed by atoms with Crippen molar-refractivity contribution in [2.24, 2.45) is 11.8 Å². The smallest absolute Gasteiger partial charge is 0.343 e. The first-order valence-electron chi connectivity index (χ1n) is 15.9. The Bertz CT molecular complexity index is 974. The Morgan fingerprint density at radius 1 is 0.625 bits per heavy atom. The molecule has 0 radical (unpaired) electrons. The highest BCUT2D eigenvalue weighted by Crippen LogP contribution is 2.33. The largest absolute Gasteiger partial charge is 0.494 e. The zero-order chi connectivity index (χ0) is 28.4. The van der Waals surface area contributed by atoms with E-state index in [-0.39, 0.29) is 11.9 Å². The second-order valence-electron chi connectivity index (χ2n) is 11.3. The van der Waals surface area contributed by atoms with Crippen molar-refractivity contribution >= 4 is 11.9 Å². The lowest BCUT2D eigenvalue weighted by Gasteiger charge is -2.27. The molecule has 2 aromatic rings. The first kappa shape index (κ1) is 31.7. The van der Waals surface area contributed by atoms with Gasteiger partial charge in [-0.2, -0.15) is 0 Å². The lowest BCUT2D eigenvalue weighted by atomic mass is 9.80. The molecule has 1 fully saturated rings. The molecule has 0 bridgehead atoms. The van der Waals surface area contributed by atoms with Crippen molar-refractivity contribution in [3.05, 3.63) is 54.1 Å². The number of benzene rings is 2. The number of rotatable bonds is 18. The minimum absolute atomic E-state index is 0.0211. The van der Waals surface area contributed by atoms with E-state index >= 15 is 0 Å². The molecule has 1 aliphatic carbocycles. The summed E-state index contributed by atoms with van der Waals surface area (Å²) in [5, 5.41) is 0. The predicted molar refractivity (Wildman–Crippen MR) is 161 cm³/mol. The number of carbonyl (C=O) groups is 2. The third kappa shape index (κ3) is 11.7. The highest BCUT2D eigenvalue weighted by atomic mass is 16.5. The maximum absolute atomic E-state index is 12.6. The van der Waals surface area contributed by atoms with Gasteiger partial charge in [-0.25, -0.2) is 4.79 Å². The molecule has 0 spiro atoms. The van der Waals surface area contributed by atoms with Gasteiger partial charge >= 0.3 is 11.9 Å². The minimum atomic E-state index is -0.435. The normalized spacial score (nSPS) is 16.9. The first-order valence-corrected chi connectivity index (χ1v) is 15.9. The lowest BCUT2D eigenvalue weighted by molar-refractivity contribution is -0.140. The maximum Gasteiger partial charge on any atom is 0.343 e. The summed E-state index contributed by atoms with van der Waals surface area (Å²) >= 11 is 0. The summed E-state index contributed by atoms with van der Waals surface area (Å²) in [5.74, 6) is 1.80. The lowest BCUT2D eigenvalue weighted by Crippen LogP contribution is -2.25. The monoisotopic (exact) mass is 550 g/mol. The average Bonchev–Trinajstić information content (AvgIpc) is 2.98. The van der Waals surface area contributed by atoms with Gasteiger partial charge in [0.1, 0.15) is 17.2 Å². The maximum atomic E-state index is 12.6. The van der Waals surface area contributed by atoms with Crippen LogP contribution in [-0.2, 0) is 4.79 Å². The topological polar surface area (TPSA) is 61.8 Å². The van der Waals surface area contributed by atoms with Crippen LogP contribution >= 0.6 is 0 Å². The van der Waals surface area contributed by atoms with Gasteiger partial charge in [0.25, 0.3) is 0 Å². The summed E-state index contributed by atoms with van der Waals surface area (Å²) < 4.78 is 17.0. The zero-order valence-electron chi connectivity index (χ0n) is 24.8. The number of ether oxygens (including phenoxy) is 3. The van der Waals surface area contributed by atoms with Crippen LogP contribution < -0.4 is 14.2 Å². The summed E-state index contributed by atoms with van der Waals surface area (Å²) in [7, 11) is 0. The number of carbonyl (C=O) groups excluding carboxylic acids is 2. The molecule has 2 aromatic carbocycles. The fourth-order valence-electron chi connectivity index (χ4n) is 5.42. The van der Waals surface area contributed by atoms with E-state index in [9.17, 15) is 9.59 Å². The van der Waals surface area contributed by atoms with Gasteiger partial charge in [0.2, 0.25) is 0 Å². The van der Waals surface area contributed by atoms with Crippen LogP contribution in [0.5, 0.6) is 17.2 Å². The van der Waals surface area contributed by atoms with Gasteiger partial charge in [0.05, 0.1) is 18.1 Å². The van der Waals surface area contributed by atoms with Gasteiger partial charge in [-0.3, -0.25) is 4.79 Å². The minimum Gasteiger partial charge on any atom is -0.494 e. The molecule has 0 atom stereocenters. The van der Waals surface area contributed by atoms with E-state index in [1.807, 2.05) is 12.1 Å². The number of hydrogen-bond donors (Lipinski definition) is 0. The molecule has 5 heteroatoms. The van der Waals surface area contributed by atoms with E-state index in [1.165, 1.54) is 70.6 Å². The Balaban J connectivity index is 1.33. The van der Waals surface area contributed by atoms with E-state index < -0.39 is 5.97 Å². The summed E-state index contributed by atoms with van der Waals surface area (Å²) in [4.78, 5) is 25.2. The van der Waals surface area contributed by atoms with Gasteiger partial charge in [-0.15, -0.1) is 0 Å². The van der Waals surface area contributed by atoms with Crippen LogP contribution in [0.25, 0.3) is 0 Å². The van der Waals surface area contributed by atoms with Crippen LogP contribution in [0.4, 0.5) is 0 Å². The zero-order valence-corrected chi connectivity index (χ0v) is 24.8. The van der Waals surface area contributed by atoms with E-state index in [0.29, 0.717) is 23.7 Å². The third-order valence-corrected chi connectivity index (χ3v) is 8.01. The average molecular weight is 551 g/mol. The molecule has 0 unspecified atom stereocenters. The van der Waals surface area contributed by atoms with Crippen LogP contribution in [0.2, 0.25) is 0 Å². The van der Waals surface area contributed by atoms with E-state index in [2.05, 4.69) is 13.8 Å². The second-order valence-corrected chi connectivity index (χ2v) is 11.3. The summed E-state index contributed by atoms with van der Waals surface area (Å²) in [5.41, 5.74) is 0.459. The van der Waals surface area contributed by atoms with Gasteiger partial charge in [0, 0.05) is 0 Å². The first-order chi connectivity index (χ1) is 19.6. The van der Waals surface area contributed by atoms with E-state index in [4.69, 9.17) is 14.2 Å². The quantitative estimate of drug-likeness (QED) is 0.105. The molecule has 5 nitrogen and oxygen atoms in total. The molecule has 0 heterocycles. The fourth-order valence-corrected chi connectivity index (χ4v) is 5.42. The molecule has 0 aromatic heterocycles. The van der Waals surface area contributed by atoms with Crippen molar-refractivity contribution < 1.29 is 23.8 Å². The number of hydrogen-bond acceptors (Lipinski definition) is 5. The van der Waals surface area contributed by atoms with Gasteiger partial charge in [-0.05, 0) is 86.6 Å². The Morgan fingerprint density at radius 3 is 1.77 bits per heavy atom. The Hall–Kier alpha value is -2.82. The SMILES string of the molecule is CCCCCCCCCCOc1ccc(C(=O)Oc2ccc(OC(=O)[C@H]3CC[C@H](CCCCC)CC3)cc2)cc1. The number of esters is 2. The third-order valence-electron chi connectivity index (χ3n) is 8.01. The highest BCUT2D eigenvalue weighted by molar-refractivity contribution is 5.91. The molecule has 1 aliphatic rings. The van der Waals surface area contributed by atoms with Crippen LogP contribution in [-0.4, -0.2) is 18.5 Å². The van der Waals surface area contributed by atoms with E-state index in [1.54, 1.807) is 36.4 Å². The molecule has 0 N–H and O–H groups in total. The molecule has 0 aliphatic heterocycles. The number of unbranched alkanes of at least 4 members (excludes halogenated alkanes) is 9. The molecule has 0 amide bonds.